The highest BCUT2D eigenvalue weighted by molar-refractivity contribution is 7.92. The highest BCUT2D eigenvalue weighted by Crippen LogP contribution is 2.34. The van der Waals surface area contributed by atoms with Crippen molar-refractivity contribution < 1.29 is 22.5 Å². The van der Waals surface area contributed by atoms with Crippen molar-refractivity contribution in [2.24, 2.45) is 5.92 Å². The zero-order valence-corrected chi connectivity index (χ0v) is 16.6. The van der Waals surface area contributed by atoms with Crippen LogP contribution < -0.4 is 4.31 Å². The molecule has 1 aromatic carbocycles. The minimum Gasteiger partial charge on any atom is -0.452 e. The second-order valence-corrected chi connectivity index (χ2v) is 9.09. The molecule has 1 atom stereocenters. The molecule has 0 amide bonds. The molecule has 2 aromatic rings. The van der Waals surface area contributed by atoms with E-state index in [0.717, 1.165) is 5.56 Å². The van der Waals surface area contributed by atoms with E-state index in [1.54, 1.807) is 18.2 Å². The van der Waals surface area contributed by atoms with E-state index in [9.17, 15) is 13.2 Å². The molecule has 2 heterocycles. The maximum absolute atomic E-state index is 12.3. The Hall–Kier alpha value is -2.42. The summed E-state index contributed by atoms with van der Waals surface area (Å²) < 4.78 is 35.6. The van der Waals surface area contributed by atoms with Gasteiger partial charge in [0.15, 0.2) is 12.4 Å². The number of aromatic nitrogens is 2. The summed E-state index contributed by atoms with van der Waals surface area (Å²) in [6.45, 7) is 5.83. The first-order valence-corrected chi connectivity index (χ1v) is 10.6. The molecule has 1 aliphatic heterocycles. The Balaban J connectivity index is 1.68. The quantitative estimate of drug-likeness (QED) is 0.694. The van der Waals surface area contributed by atoms with Crippen molar-refractivity contribution in [2.45, 2.75) is 46.3 Å². The van der Waals surface area contributed by atoms with E-state index in [1.807, 2.05) is 6.92 Å². The Morgan fingerprint density at radius 3 is 2.81 bits per heavy atom. The fourth-order valence-electron chi connectivity index (χ4n) is 3.24. The molecule has 0 radical (unpaired) electrons. The van der Waals surface area contributed by atoms with Gasteiger partial charge in [-0.25, -0.2) is 13.2 Å². The van der Waals surface area contributed by atoms with Gasteiger partial charge in [0.1, 0.15) is 0 Å². The Kier molecular flexibility index (Phi) is 5.23. The fraction of sp³-hybridized carbons (Fsp3) is 0.500. The predicted molar refractivity (Wildman–Crippen MR) is 98.9 cm³/mol. The first-order valence-electron chi connectivity index (χ1n) is 8.76. The lowest BCUT2D eigenvalue weighted by molar-refractivity contribution is 0.0429. The van der Waals surface area contributed by atoms with E-state index < -0.39 is 16.0 Å². The Labute approximate surface area is 158 Å². The Morgan fingerprint density at radius 1 is 1.41 bits per heavy atom. The average molecular weight is 393 g/mol. The largest absolute Gasteiger partial charge is 0.452 e. The molecule has 27 heavy (non-hydrogen) atoms. The lowest BCUT2D eigenvalue weighted by Gasteiger charge is -2.21. The first kappa shape index (κ1) is 19.3. The Bertz CT molecular complexity index is 952. The SMILES string of the molecule is CC(C)Cc1noc(COC(=O)c2ccc3c(c2)CC(C)N3S(C)(=O)=O)n1. The number of fused-ring (bicyclic) bond motifs is 1. The van der Waals surface area contributed by atoms with E-state index in [2.05, 4.69) is 24.0 Å². The molecule has 1 unspecified atom stereocenters. The van der Waals surface area contributed by atoms with Crippen LogP contribution in [-0.2, 0) is 34.2 Å². The van der Waals surface area contributed by atoms with Gasteiger partial charge in [-0.15, -0.1) is 0 Å². The molecule has 1 aromatic heterocycles. The molecule has 0 aliphatic carbocycles. The first-order chi connectivity index (χ1) is 12.6. The van der Waals surface area contributed by atoms with Crippen LogP contribution in [0, 0.1) is 5.92 Å². The van der Waals surface area contributed by atoms with Crippen molar-refractivity contribution in [1.29, 1.82) is 0 Å². The maximum atomic E-state index is 12.3. The number of carbonyl (C=O) groups excluding carboxylic acids is 1. The van der Waals surface area contributed by atoms with Gasteiger partial charge in [0, 0.05) is 12.5 Å². The number of hydrogen-bond acceptors (Lipinski definition) is 7. The van der Waals surface area contributed by atoms with E-state index in [0.29, 0.717) is 35.8 Å². The summed E-state index contributed by atoms with van der Waals surface area (Å²) in [6, 6.07) is 4.70. The lowest BCUT2D eigenvalue weighted by atomic mass is 10.1. The summed E-state index contributed by atoms with van der Waals surface area (Å²) in [5.41, 5.74) is 1.77. The van der Waals surface area contributed by atoms with Crippen LogP contribution in [0.1, 0.15) is 48.4 Å². The average Bonchev–Trinajstić information content (AvgIpc) is 3.13. The van der Waals surface area contributed by atoms with Gasteiger partial charge >= 0.3 is 5.97 Å². The number of hydrogen-bond donors (Lipinski definition) is 0. The summed E-state index contributed by atoms with van der Waals surface area (Å²) >= 11 is 0. The third-order valence-corrected chi connectivity index (χ3v) is 5.52. The summed E-state index contributed by atoms with van der Waals surface area (Å²) in [7, 11) is -3.36. The number of anilines is 1. The van der Waals surface area contributed by atoms with Crippen LogP contribution in [0.3, 0.4) is 0 Å². The molecule has 0 fully saturated rings. The Morgan fingerprint density at radius 2 is 2.15 bits per heavy atom. The van der Waals surface area contributed by atoms with Crippen LogP contribution in [0.15, 0.2) is 22.7 Å². The van der Waals surface area contributed by atoms with E-state index >= 15 is 0 Å². The van der Waals surface area contributed by atoms with Crippen molar-refractivity contribution in [3.05, 3.63) is 41.0 Å². The third-order valence-electron chi connectivity index (χ3n) is 4.25. The van der Waals surface area contributed by atoms with Crippen LogP contribution in [0.5, 0.6) is 0 Å². The number of sulfonamides is 1. The van der Waals surface area contributed by atoms with Crippen LogP contribution in [0.25, 0.3) is 0 Å². The normalized spacial score (nSPS) is 16.6. The third kappa shape index (κ3) is 4.29. The molecule has 0 saturated heterocycles. The monoisotopic (exact) mass is 393 g/mol. The van der Waals surface area contributed by atoms with Gasteiger partial charge in [-0.3, -0.25) is 4.31 Å². The number of ether oxygens (including phenoxy) is 1. The van der Waals surface area contributed by atoms with Crippen molar-refractivity contribution in [1.82, 2.24) is 10.1 Å². The number of esters is 1. The fourth-order valence-corrected chi connectivity index (χ4v) is 4.51. The van der Waals surface area contributed by atoms with Crippen molar-refractivity contribution in [3.63, 3.8) is 0 Å². The second-order valence-electron chi connectivity index (χ2n) is 7.23. The zero-order chi connectivity index (χ0) is 19.8. The van der Waals surface area contributed by atoms with Gasteiger partial charge in [0.2, 0.25) is 10.0 Å². The molecular weight excluding hydrogens is 370 g/mol. The van der Waals surface area contributed by atoms with Crippen LogP contribution >= 0.6 is 0 Å². The topological polar surface area (TPSA) is 103 Å². The molecule has 0 spiro atoms. The molecule has 8 nitrogen and oxygen atoms in total. The van der Waals surface area contributed by atoms with Crippen LogP contribution in [-0.4, -0.2) is 36.8 Å². The van der Waals surface area contributed by atoms with Gasteiger partial charge in [-0.1, -0.05) is 19.0 Å². The summed E-state index contributed by atoms with van der Waals surface area (Å²) in [5, 5.41) is 3.85. The van der Waals surface area contributed by atoms with Gasteiger partial charge in [-0.2, -0.15) is 4.98 Å². The van der Waals surface area contributed by atoms with Gasteiger partial charge < -0.3 is 9.26 Å². The molecule has 0 N–H and O–H groups in total. The van der Waals surface area contributed by atoms with Gasteiger partial charge in [0.25, 0.3) is 5.89 Å². The molecule has 1 aliphatic rings. The van der Waals surface area contributed by atoms with E-state index in [4.69, 9.17) is 9.26 Å². The molecular formula is C18H23N3O5S. The number of nitrogens with zero attached hydrogens (tertiary/aromatic N) is 3. The molecule has 146 valence electrons. The van der Waals surface area contributed by atoms with Crippen molar-refractivity contribution >= 4 is 21.7 Å². The van der Waals surface area contributed by atoms with E-state index in [1.165, 1.54) is 10.6 Å². The standard InChI is InChI=1S/C18H23N3O5S/c1-11(2)7-16-19-17(26-20-16)10-25-18(22)13-5-6-15-14(9-13)8-12(3)21(15)27(4,23)24/h5-6,9,11-12H,7-8,10H2,1-4H3. The van der Waals surface area contributed by atoms with Crippen molar-refractivity contribution in [2.75, 3.05) is 10.6 Å². The summed E-state index contributed by atoms with van der Waals surface area (Å²) in [5.74, 6) is 0.714. The summed E-state index contributed by atoms with van der Waals surface area (Å²) in [4.78, 5) is 16.5. The minimum atomic E-state index is -3.36. The smallest absolute Gasteiger partial charge is 0.338 e. The highest BCUT2D eigenvalue weighted by atomic mass is 32.2. The predicted octanol–water partition coefficient (Wildman–Crippen LogP) is 2.34. The maximum Gasteiger partial charge on any atom is 0.338 e. The number of carbonyl (C=O) groups is 1. The second kappa shape index (κ2) is 7.30. The van der Waals surface area contributed by atoms with Crippen molar-refractivity contribution in [3.8, 4) is 0 Å². The van der Waals surface area contributed by atoms with Gasteiger partial charge in [0.05, 0.1) is 17.5 Å². The molecule has 0 saturated carbocycles. The number of rotatable bonds is 6. The number of benzene rings is 1. The molecule has 0 bridgehead atoms. The summed E-state index contributed by atoms with van der Waals surface area (Å²) in [6.07, 6.45) is 2.42. The van der Waals surface area contributed by atoms with Crippen LogP contribution in [0.4, 0.5) is 5.69 Å². The lowest BCUT2D eigenvalue weighted by Crippen LogP contribution is -2.34. The zero-order valence-electron chi connectivity index (χ0n) is 15.8. The van der Waals surface area contributed by atoms with Gasteiger partial charge in [-0.05, 0) is 43.0 Å². The molecule has 9 heteroatoms. The minimum absolute atomic E-state index is 0.104. The van der Waals surface area contributed by atoms with E-state index in [-0.39, 0.29) is 18.5 Å². The van der Waals surface area contributed by atoms with Crippen LogP contribution in [0.2, 0.25) is 0 Å². The molecule has 3 rings (SSSR count). The highest BCUT2D eigenvalue weighted by Gasteiger charge is 2.32.